The lowest BCUT2D eigenvalue weighted by Crippen LogP contribution is -2.25. The molecule has 1 aromatic heterocycles. The van der Waals surface area contributed by atoms with Crippen LogP contribution in [-0.2, 0) is 13.0 Å². The lowest BCUT2D eigenvalue weighted by Gasteiger charge is -2.15. The summed E-state index contributed by atoms with van der Waals surface area (Å²) in [6.07, 6.45) is 2.95. The summed E-state index contributed by atoms with van der Waals surface area (Å²) in [5.41, 5.74) is 2.40. The Morgan fingerprint density at radius 2 is 2.50 bits per heavy atom. The van der Waals surface area contributed by atoms with E-state index in [-0.39, 0.29) is 0 Å². The van der Waals surface area contributed by atoms with E-state index >= 15 is 0 Å². The molecule has 0 saturated carbocycles. The topological polar surface area (TPSA) is 49.8 Å². The average Bonchev–Trinajstić information content (AvgIpc) is 2.17. The molecule has 0 aliphatic carbocycles. The van der Waals surface area contributed by atoms with E-state index in [0.717, 1.165) is 25.2 Å². The first-order valence-electron chi connectivity index (χ1n) is 4.13. The first kappa shape index (κ1) is 7.49. The second-order valence-electron chi connectivity index (χ2n) is 2.84. The Balaban J connectivity index is 2.36. The highest BCUT2D eigenvalue weighted by molar-refractivity contribution is 5.29. The van der Waals surface area contributed by atoms with E-state index in [1.165, 1.54) is 5.56 Å². The summed E-state index contributed by atoms with van der Waals surface area (Å²) in [7, 11) is 1.83. The van der Waals surface area contributed by atoms with E-state index in [4.69, 9.17) is 0 Å². The minimum atomic E-state index is 0.706. The maximum Gasteiger partial charge on any atom is 0.222 e. The Hall–Kier alpha value is -1.16. The molecular formula is C8H12N4. The molecule has 2 heterocycles. The van der Waals surface area contributed by atoms with Crippen molar-refractivity contribution in [2.45, 2.75) is 13.0 Å². The molecule has 0 amide bonds. The van der Waals surface area contributed by atoms with Gasteiger partial charge in [-0.1, -0.05) is 0 Å². The van der Waals surface area contributed by atoms with Gasteiger partial charge in [-0.15, -0.1) is 0 Å². The fourth-order valence-corrected chi connectivity index (χ4v) is 1.35. The van der Waals surface area contributed by atoms with Crippen molar-refractivity contribution in [1.29, 1.82) is 0 Å². The summed E-state index contributed by atoms with van der Waals surface area (Å²) < 4.78 is 0. The maximum absolute atomic E-state index is 4.35. The lowest BCUT2D eigenvalue weighted by atomic mass is 10.1. The van der Waals surface area contributed by atoms with Gasteiger partial charge in [0.25, 0.3) is 0 Å². The summed E-state index contributed by atoms with van der Waals surface area (Å²) >= 11 is 0. The van der Waals surface area contributed by atoms with Crippen molar-refractivity contribution >= 4 is 5.95 Å². The SMILES string of the molecule is CNc1ncc2c(n1)CNCC2. The van der Waals surface area contributed by atoms with E-state index in [2.05, 4.69) is 20.6 Å². The number of fused-ring (bicyclic) bond motifs is 1. The highest BCUT2D eigenvalue weighted by atomic mass is 15.1. The van der Waals surface area contributed by atoms with Gasteiger partial charge in [-0.2, -0.15) is 0 Å². The van der Waals surface area contributed by atoms with Crippen molar-refractivity contribution in [2.75, 3.05) is 18.9 Å². The van der Waals surface area contributed by atoms with Gasteiger partial charge in [-0.3, -0.25) is 0 Å². The van der Waals surface area contributed by atoms with E-state index < -0.39 is 0 Å². The van der Waals surface area contributed by atoms with E-state index in [1.54, 1.807) is 0 Å². The van der Waals surface area contributed by atoms with Crippen LogP contribution in [0.5, 0.6) is 0 Å². The van der Waals surface area contributed by atoms with Gasteiger partial charge in [0.05, 0.1) is 5.69 Å². The van der Waals surface area contributed by atoms with Crippen LogP contribution >= 0.6 is 0 Å². The molecule has 0 bridgehead atoms. The van der Waals surface area contributed by atoms with Gasteiger partial charge in [0.15, 0.2) is 0 Å². The first-order valence-corrected chi connectivity index (χ1v) is 4.13. The number of hydrogen-bond donors (Lipinski definition) is 2. The largest absolute Gasteiger partial charge is 0.357 e. The second-order valence-corrected chi connectivity index (χ2v) is 2.84. The van der Waals surface area contributed by atoms with Crippen LogP contribution in [0.15, 0.2) is 6.20 Å². The molecule has 2 rings (SSSR count). The third kappa shape index (κ3) is 1.25. The summed E-state index contributed by atoms with van der Waals surface area (Å²) in [4.78, 5) is 8.51. The van der Waals surface area contributed by atoms with Crippen molar-refractivity contribution in [3.05, 3.63) is 17.5 Å². The molecule has 64 valence electrons. The minimum absolute atomic E-state index is 0.706. The maximum atomic E-state index is 4.35. The molecule has 0 fully saturated rings. The van der Waals surface area contributed by atoms with Crippen LogP contribution in [0.1, 0.15) is 11.3 Å². The summed E-state index contributed by atoms with van der Waals surface area (Å²) in [5, 5.41) is 6.20. The molecule has 4 nitrogen and oxygen atoms in total. The predicted molar refractivity (Wildman–Crippen MR) is 47.0 cm³/mol. The fraction of sp³-hybridized carbons (Fsp3) is 0.500. The molecular weight excluding hydrogens is 152 g/mol. The van der Waals surface area contributed by atoms with Crippen LogP contribution in [0, 0.1) is 0 Å². The minimum Gasteiger partial charge on any atom is -0.357 e. The van der Waals surface area contributed by atoms with Crippen LogP contribution in [0.4, 0.5) is 5.95 Å². The second kappa shape index (κ2) is 3.06. The molecule has 2 N–H and O–H groups in total. The van der Waals surface area contributed by atoms with Crippen molar-refractivity contribution in [3.8, 4) is 0 Å². The molecule has 0 aromatic carbocycles. The van der Waals surface area contributed by atoms with Crippen LogP contribution in [-0.4, -0.2) is 23.6 Å². The normalized spacial score (nSPS) is 15.4. The number of nitrogens with one attached hydrogen (secondary N) is 2. The molecule has 0 radical (unpaired) electrons. The molecule has 0 spiro atoms. The zero-order valence-electron chi connectivity index (χ0n) is 7.09. The summed E-state index contributed by atoms with van der Waals surface area (Å²) in [5.74, 6) is 0.706. The fourth-order valence-electron chi connectivity index (χ4n) is 1.35. The lowest BCUT2D eigenvalue weighted by molar-refractivity contribution is 0.624. The molecule has 0 unspecified atom stereocenters. The van der Waals surface area contributed by atoms with Crippen LogP contribution in [0.2, 0.25) is 0 Å². The van der Waals surface area contributed by atoms with Gasteiger partial charge in [0.1, 0.15) is 0 Å². The highest BCUT2D eigenvalue weighted by Crippen LogP contribution is 2.11. The third-order valence-corrected chi connectivity index (χ3v) is 2.04. The quantitative estimate of drug-likeness (QED) is 0.621. The molecule has 12 heavy (non-hydrogen) atoms. The van der Waals surface area contributed by atoms with Gasteiger partial charge < -0.3 is 10.6 Å². The molecule has 1 aliphatic rings. The first-order chi connectivity index (χ1) is 5.90. The number of nitrogens with zero attached hydrogens (tertiary/aromatic N) is 2. The highest BCUT2D eigenvalue weighted by Gasteiger charge is 2.10. The van der Waals surface area contributed by atoms with Crippen LogP contribution in [0.3, 0.4) is 0 Å². The van der Waals surface area contributed by atoms with E-state index in [1.807, 2.05) is 13.2 Å². The monoisotopic (exact) mass is 164 g/mol. The average molecular weight is 164 g/mol. The Morgan fingerprint density at radius 3 is 3.33 bits per heavy atom. The van der Waals surface area contributed by atoms with Crippen LogP contribution in [0.25, 0.3) is 0 Å². The van der Waals surface area contributed by atoms with Gasteiger partial charge >= 0.3 is 0 Å². The van der Waals surface area contributed by atoms with Gasteiger partial charge in [-0.05, 0) is 18.5 Å². The zero-order valence-corrected chi connectivity index (χ0v) is 7.09. The number of aromatic nitrogens is 2. The Kier molecular flexibility index (Phi) is 1.91. The Morgan fingerprint density at radius 1 is 1.58 bits per heavy atom. The zero-order chi connectivity index (χ0) is 8.39. The molecule has 4 heteroatoms. The van der Waals surface area contributed by atoms with Crippen molar-refractivity contribution < 1.29 is 0 Å². The summed E-state index contributed by atoms with van der Waals surface area (Å²) in [6, 6.07) is 0. The number of rotatable bonds is 1. The molecule has 1 aromatic rings. The van der Waals surface area contributed by atoms with Gasteiger partial charge in [0, 0.05) is 19.8 Å². The van der Waals surface area contributed by atoms with Crippen molar-refractivity contribution in [1.82, 2.24) is 15.3 Å². The Bertz CT molecular complexity index is 284. The number of anilines is 1. The smallest absolute Gasteiger partial charge is 0.222 e. The Labute approximate surface area is 71.4 Å². The van der Waals surface area contributed by atoms with E-state index in [9.17, 15) is 0 Å². The molecule has 0 atom stereocenters. The van der Waals surface area contributed by atoms with Gasteiger partial charge in [0.2, 0.25) is 5.95 Å². The number of hydrogen-bond acceptors (Lipinski definition) is 4. The van der Waals surface area contributed by atoms with Gasteiger partial charge in [-0.25, -0.2) is 9.97 Å². The standard InChI is InChI=1S/C8H12N4/c1-9-8-11-4-6-2-3-10-5-7(6)12-8/h4,10H,2-3,5H2,1H3,(H,9,11,12). The third-order valence-electron chi connectivity index (χ3n) is 2.04. The summed E-state index contributed by atoms with van der Waals surface area (Å²) in [6.45, 7) is 1.90. The molecule has 1 aliphatic heterocycles. The van der Waals surface area contributed by atoms with Crippen molar-refractivity contribution in [3.63, 3.8) is 0 Å². The predicted octanol–water partition coefficient (Wildman–Crippen LogP) is 0.164. The molecule has 0 saturated heterocycles. The van der Waals surface area contributed by atoms with E-state index in [0.29, 0.717) is 5.95 Å². The van der Waals surface area contributed by atoms with Crippen LogP contribution < -0.4 is 10.6 Å². The van der Waals surface area contributed by atoms with Crippen molar-refractivity contribution in [2.24, 2.45) is 0 Å².